The maximum atomic E-state index is 11.0. The third kappa shape index (κ3) is 2.92. The van der Waals surface area contributed by atoms with Crippen molar-refractivity contribution < 1.29 is 22.0 Å². The van der Waals surface area contributed by atoms with Crippen LogP contribution < -0.4 is 17.1 Å². The molecule has 112 valence electrons. The maximum absolute atomic E-state index is 11.0. The van der Waals surface area contributed by atoms with Crippen LogP contribution >= 0.6 is 22.6 Å². The van der Waals surface area contributed by atoms with Crippen molar-refractivity contribution in [2.75, 3.05) is 0 Å². The fourth-order valence-electron chi connectivity index (χ4n) is 2.07. The molecule has 0 bridgehead atoms. The summed E-state index contributed by atoms with van der Waals surface area (Å²) < 4.78 is 2.25. The third-order valence-corrected chi connectivity index (χ3v) is 3.84. The van der Waals surface area contributed by atoms with Crippen LogP contribution in [0, 0.1) is 13.7 Å². The minimum Gasteiger partial charge on any atom is -1.00 e. The molecule has 0 aliphatic carbocycles. The molecule has 0 saturated heterocycles. The van der Waals surface area contributed by atoms with Gasteiger partial charge < -0.3 is 22.5 Å². The Morgan fingerprint density at radius 2 is 1.86 bits per heavy atom. The van der Waals surface area contributed by atoms with Crippen LogP contribution in [-0.2, 0) is 0 Å². The molecule has 0 fully saturated rings. The molecule has 9 heteroatoms. The molecule has 3 rings (SSSR count). The SMILES string of the molecule is O=[N+]([O-])c1nn[nH][n+]1-c1cccc(I)c1-c1ccccc1.[Cl-]. The number of nitrogens with one attached hydrogen (secondary N) is 1. The van der Waals surface area contributed by atoms with Gasteiger partial charge in [-0.05, 0) is 45.0 Å². The van der Waals surface area contributed by atoms with Crippen LogP contribution in [0.15, 0.2) is 48.5 Å². The standard InChI is InChI=1S/C13H8IN5O2.ClH/c14-10-7-4-8-11(12(10)9-5-2-1-3-6-9)18-13(19(20)21)15-16-17-18;/h1-8H;1H. The van der Waals surface area contributed by atoms with Gasteiger partial charge in [-0.15, -0.1) is 0 Å². The minimum atomic E-state index is -0.571. The van der Waals surface area contributed by atoms with Crippen LogP contribution in [0.25, 0.3) is 16.8 Å². The van der Waals surface area contributed by atoms with Crippen molar-refractivity contribution in [3.05, 3.63) is 62.2 Å². The second-order valence-electron chi connectivity index (χ2n) is 4.19. The summed E-state index contributed by atoms with van der Waals surface area (Å²) >= 11 is 2.21. The molecule has 0 atom stereocenters. The molecule has 1 aromatic heterocycles. The summed E-state index contributed by atoms with van der Waals surface area (Å²) in [6, 6.07) is 15.3. The number of hydrogen-bond donors (Lipinski definition) is 1. The second kappa shape index (κ2) is 6.79. The highest BCUT2D eigenvalue weighted by molar-refractivity contribution is 14.1. The summed E-state index contributed by atoms with van der Waals surface area (Å²) in [5, 5.41) is 20.6. The van der Waals surface area contributed by atoms with E-state index in [0.717, 1.165) is 14.7 Å². The van der Waals surface area contributed by atoms with E-state index in [-0.39, 0.29) is 18.4 Å². The zero-order chi connectivity index (χ0) is 14.8. The van der Waals surface area contributed by atoms with Crippen molar-refractivity contribution in [2.24, 2.45) is 0 Å². The van der Waals surface area contributed by atoms with E-state index < -0.39 is 4.92 Å². The Morgan fingerprint density at radius 1 is 1.14 bits per heavy atom. The van der Waals surface area contributed by atoms with Gasteiger partial charge in [-0.3, -0.25) is 0 Å². The lowest BCUT2D eigenvalue weighted by atomic mass is 10.0. The summed E-state index contributed by atoms with van der Waals surface area (Å²) in [7, 11) is 0. The molecule has 0 amide bonds. The van der Waals surface area contributed by atoms with E-state index in [0.29, 0.717) is 5.69 Å². The predicted octanol–water partition coefficient (Wildman–Crippen LogP) is -0.735. The molecule has 1 heterocycles. The monoisotopic (exact) mass is 429 g/mol. The Labute approximate surface area is 145 Å². The summed E-state index contributed by atoms with van der Waals surface area (Å²) in [5.41, 5.74) is 2.48. The van der Waals surface area contributed by atoms with Crippen LogP contribution in [0.1, 0.15) is 0 Å². The fraction of sp³-hybridized carbons (Fsp3) is 0. The van der Waals surface area contributed by atoms with E-state index in [1.54, 1.807) is 6.07 Å². The Hall–Kier alpha value is -2.07. The molecule has 1 N–H and O–H groups in total. The van der Waals surface area contributed by atoms with E-state index in [4.69, 9.17) is 0 Å². The minimum absolute atomic E-state index is 0. The first-order chi connectivity index (χ1) is 10.2. The molecular formula is C13H9ClIN5O2. The Kier molecular flexibility index (Phi) is 5.03. The molecule has 0 unspecified atom stereocenters. The van der Waals surface area contributed by atoms with Gasteiger partial charge in [-0.25, -0.2) is 0 Å². The quantitative estimate of drug-likeness (QED) is 0.257. The molecule has 0 aliphatic rings. The average Bonchev–Trinajstić information content (AvgIpc) is 2.97. The highest BCUT2D eigenvalue weighted by Crippen LogP contribution is 2.29. The number of rotatable bonds is 3. The molecule has 0 saturated carbocycles. The van der Waals surface area contributed by atoms with Crippen molar-refractivity contribution in [2.45, 2.75) is 0 Å². The first kappa shape index (κ1) is 16.3. The first-order valence-electron chi connectivity index (χ1n) is 6.00. The fourth-order valence-corrected chi connectivity index (χ4v) is 2.87. The third-order valence-electron chi connectivity index (χ3n) is 2.94. The molecule has 3 aromatic rings. The average molecular weight is 430 g/mol. The van der Waals surface area contributed by atoms with Crippen molar-refractivity contribution in [3.8, 4) is 16.8 Å². The maximum Gasteiger partial charge on any atom is 0.683 e. The van der Waals surface area contributed by atoms with Crippen molar-refractivity contribution >= 4 is 28.5 Å². The lowest BCUT2D eigenvalue weighted by Gasteiger charge is -2.06. The van der Waals surface area contributed by atoms with Gasteiger partial charge in [0.25, 0.3) is 0 Å². The van der Waals surface area contributed by atoms with Crippen molar-refractivity contribution in [1.82, 2.24) is 15.5 Å². The second-order valence-corrected chi connectivity index (χ2v) is 5.35. The van der Waals surface area contributed by atoms with Gasteiger partial charge in [0.1, 0.15) is 5.21 Å². The van der Waals surface area contributed by atoms with E-state index in [1.165, 1.54) is 4.68 Å². The number of aromatic nitrogens is 4. The van der Waals surface area contributed by atoms with Crippen LogP contribution in [0.5, 0.6) is 0 Å². The Balaban J connectivity index is 0.00000176. The van der Waals surface area contributed by atoms with Crippen LogP contribution in [0.4, 0.5) is 5.95 Å². The number of H-pyrrole nitrogens is 1. The summed E-state index contributed by atoms with van der Waals surface area (Å²) in [6.07, 6.45) is 0. The van der Waals surface area contributed by atoms with E-state index >= 15 is 0 Å². The van der Waals surface area contributed by atoms with Crippen molar-refractivity contribution in [1.29, 1.82) is 0 Å². The van der Waals surface area contributed by atoms with Crippen LogP contribution in [0.3, 0.4) is 0 Å². The van der Waals surface area contributed by atoms with Gasteiger partial charge in [-0.2, -0.15) is 0 Å². The zero-order valence-electron chi connectivity index (χ0n) is 11.0. The van der Waals surface area contributed by atoms with Crippen LogP contribution in [0.2, 0.25) is 0 Å². The van der Waals surface area contributed by atoms with Gasteiger partial charge in [0.2, 0.25) is 5.10 Å². The number of nitrogens with zero attached hydrogens (tertiary/aromatic N) is 4. The Morgan fingerprint density at radius 3 is 2.55 bits per heavy atom. The van der Waals surface area contributed by atoms with Gasteiger partial charge in [0.15, 0.2) is 5.69 Å². The molecule has 2 aromatic carbocycles. The molecule has 0 aliphatic heterocycles. The first-order valence-corrected chi connectivity index (χ1v) is 7.08. The highest BCUT2D eigenvalue weighted by Gasteiger charge is 2.33. The van der Waals surface area contributed by atoms with E-state index in [2.05, 4.69) is 38.1 Å². The number of tetrazole rings is 1. The molecule has 0 spiro atoms. The number of halogens is 2. The van der Waals surface area contributed by atoms with E-state index in [1.807, 2.05) is 42.5 Å². The number of benzene rings is 2. The highest BCUT2D eigenvalue weighted by atomic mass is 127. The van der Waals surface area contributed by atoms with Gasteiger partial charge in [0, 0.05) is 3.57 Å². The van der Waals surface area contributed by atoms with Crippen LogP contribution in [-0.4, -0.2) is 20.4 Å². The lowest BCUT2D eigenvalue weighted by molar-refractivity contribution is -0.705. The summed E-state index contributed by atoms with van der Waals surface area (Å²) in [5.74, 6) is -0.353. The van der Waals surface area contributed by atoms with Gasteiger partial charge in [0.05, 0.1) is 10.5 Å². The molecule has 7 nitrogen and oxygen atoms in total. The number of nitro groups is 1. The summed E-state index contributed by atoms with van der Waals surface area (Å²) in [4.78, 5) is 10.5. The normalized spacial score (nSPS) is 10.0. The number of hydrogen-bond acceptors (Lipinski definition) is 4. The molecule has 22 heavy (non-hydrogen) atoms. The molecular weight excluding hydrogens is 421 g/mol. The lowest BCUT2D eigenvalue weighted by Crippen LogP contribution is -3.00. The number of aromatic amines is 1. The zero-order valence-corrected chi connectivity index (χ0v) is 13.9. The largest absolute Gasteiger partial charge is 1.00 e. The predicted molar refractivity (Wildman–Crippen MR) is 82.7 cm³/mol. The smallest absolute Gasteiger partial charge is 0.683 e. The van der Waals surface area contributed by atoms with E-state index in [9.17, 15) is 10.1 Å². The Bertz CT molecular complexity index is 809. The van der Waals surface area contributed by atoms with Gasteiger partial charge >= 0.3 is 5.95 Å². The topological polar surface area (TPSA) is 88.6 Å². The summed E-state index contributed by atoms with van der Waals surface area (Å²) in [6.45, 7) is 0. The van der Waals surface area contributed by atoms with Crippen molar-refractivity contribution in [3.63, 3.8) is 0 Å². The molecule has 0 radical (unpaired) electrons. The van der Waals surface area contributed by atoms with Gasteiger partial charge in [-0.1, -0.05) is 41.6 Å².